The molecule has 1 heterocycles. The molecule has 0 saturated carbocycles. The van der Waals surface area contributed by atoms with Gasteiger partial charge in [-0.3, -0.25) is 15.4 Å². The zero-order valence-electron chi connectivity index (χ0n) is 13.9. The highest BCUT2D eigenvalue weighted by atomic mass is 16.6. The van der Waals surface area contributed by atoms with Crippen LogP contribution in [0.1, 0.15) is 37.4 Å². The zero-order chi connectivity index (χ0) is 17.8. The van der Waals surface area contributed by atoms with Crippen LogP contribution in [0, 0.1) is 10.1 Å². The number of nitro groups is 1. The molecule has 7 heteroatoms. The first kappa shape index (κ1) is 16.8. The van der Waals surface area contributed by atoms with E-state index in [1.807, 2.05) is 25.1 Å². The van der Waals surface area contributed by atoms with Crippen molar-refractivity contribution in [3.63, 3.8) is 0 Å². The smallest absolute Gasteiger partial charge is 0.269 e. The summed E-state index contributed by atoms with van der Waals surface area (Å²) in [4.78, 5) is 10.3. The van der Waals surface area contributed by atoms with Gasteiger partial charge >= 0.3 is 0 Å². The summed E-state index contributed by atoms with van der Waals surface area (Å²) in [7, 11) is 0. The van der Waals surface area contributed by atoms with Gasteiger partial charge in [-0.05, 0) is 31.5 Å². The lowest BCUT2D eigenvalue weighted by atomic mass is 10.1. The van der Waals surface area contributed by atoms with E-state index < -0.39 is 4.92 Å². The van der Waals surface area contributed by atoms with Gasteiger partial charge in [0.05, 0.1) is 11.0 Å². The van der Waals surface area contributed by atoms with Crippen LogP contribution in [0.3, 0.4) is 0 Å². The van der Waals surface area contributed by atoms with Gasteiger partial charge in [0.1, 0.15) is 0 Å². The maximum atomic E-state index is 10.7. The molecule has 0 amide bonds. The summed E-state index contributed by atoms with van der Waals surface area (Å²) >= 11 is 0. The molecule has 0 bridgehead atoms. The number of hydrogen-bond donors (Lipinski definition) is 1. The van der Waals surface area contributed by atoms with Crippen molar-refractivity contribution in [1.82, 2.24) is 15.5 Å². The number of benzene rings is 2. The molecule has 2 aromatic carbocycles. The number of aromatic nitrogens is 2. The standard InChI is InChI=1S/C18H18N4O3/c1-12(14-6-4-3-5-7-14)19-13(2)17-20-21-18(25-17)15-8-10-16(11-9-15)22(23)24/h3-13,19H,1-2H3/t12-,13-/m1/s1. The van der Waals surface area contributed by atoms with Crippen LogP contribution in [0.5, 0.6) is 0 Å². The number of nitrogens with zero attached hydrogens (tertiary/aromatic N) is 3. The quantitative estimate of drug-likeness (QED) is 0.538. The lowest BCUT2D eigenvalue weighted by Gasteiger charge is -2.17. The van der Waals surface area contributed by atoms with Gasteiger partial charge in [-0.2, -0.15) is 0 Å². The van der Waals surface area contributed by atoms with Crippen LogP contribution in [0.4, 0.5) is 5.69 Å². The number of rotatable bonds is 6. The molecule has 25 heavy (non-hydrogen) atoms. The molecule has 0 aliphatic rings. The van der Waals surface area contributed by atoms with Crippen LogP contribution >= 0.6 is 0 Å². The summed E-state index contributed by atoms with van der Waals surface area (Å²) in [6.07, 6.45) is 0. The van der Waals surface area contributed by atoms with Crippen LogP contribution in [0.25, 0.3) is 11.5 Å². The molecule has 0 unspecified atom stereocenters. The Kier molecular flexibility index (Phi) is 4.85. The molecular weight excluding hydrogens is 320 g/mol. The lowest BCUT2D eigenvalue weighted by Crippen LogP contribution is -2.22. The van der Waals surface area contributed by atoms with E-state index >= 15 is 0 Å². The number of nitrogens with one attached hydrogen (secondary N) is 1. The molecule has 1 aromatic heterocycles. The number of nitro benzene ring substituents is 1. The van der Waals surface area contributed by atoms with E-state index in [1.54, 1.807) is 12.1 Å². The Hall–Kier alpha value is -3.06. The second kappa shape index (κ2) is 7.23. The predicted molar refractivity (Wildman–Crippen MR) is 92.8 cm³/mol. The first-order valence-electron chi connectivity index (χ1n) is 7.94. The predicted octanol–water partition coefficient (Wildman–Crippen LogP) is 4.06. The Bertz CT molecular complexity index is 846. The van der Waals surface area contributed by atoms with Crippen molar-refractivity contribution in [3.05, 3.63) is 76.2 Å². The van der Waals surface area contributed by atoms with Crippen LogP contribution in [-0.2, 0) is 0 Å². The van der Waals surface area contributed by atoms with Crippen molar-refractivity contribution in [2.75, 3.05) is 0 Å². The molecule has 2 atom stereocenters. The summed E-state index contributed by atoms with van der Waals surface area (Å²) in [6.45, 7) is 4.02. The second-order valence-corrected chi connectivity index (χ2v) is 5.77. The first-order valence-corrected chi connectivity index (χ1v) is 7.94. The minimum Gasteiger partial charge on any atom is -0.419 e. The number of non-ortho nitro benzene ring substituents is 1. The topological polar surface area (TPSA) is 94.1 Å². The van der Waals surface area contributed by atoms with Crippen molar-refractivity contribution < 1.29 is 9.34 Å². The highest BCUT2D eigenvalue weighted by Crippen LogP contribution is 2.24. The van der Waals surface area contributed by atoms with E-state index in [2.05, 4.69) is 34.6 Å². The third kappa shape index (κ3) is 3.89. The molecule has 1 N–H and O–H groups in total. The highest BCUT2D eigenvalue weighted by molar-refractivity contribution is 5.55. The molecule has 0 spiro atoms. The SMILES string of the molecule is C[C@@H](N[C@H](C)c1nnc(-c2ccc([N+](=O)[O-])cc2)o1)c1ccccc1. The minimum atomic E-state index is -0.444. The van der Waals surface area contributed by atoms with Crippen LogP contribution < -0.4 is 5.32 Å². The van der Waals surface area contributed by atoms with Crippen LogP contribution in [-0.4, -0.2) is 15.1 Å². The van der Waals surface area contributed by atoms with Gasteiger partial charge in [0.25, 0.3) is 5.69 Å². The summed E-state index contributed by atoms with van der Waals surface area (Å²) in [6, 6.07) is 16.1. The molecule has 3 aromatic rings. The Balaban J connectivity index is 1.71. The normalized spacial score (nSPS) is 13.4. The second-order valence-electron chi connectivity index (χ2n) is 5.77. The van der Waals surface area contributed by atoms with Crippen molar-refractivity contribution in [3.8, 4) is 11.5 Å². The maximum Gasteiger partial charge on any atom is 0.269 e. The first-order chi connectivity index (χ1) is 12.0. The number of hydrogen-bond acceptors (Lipinski definition) is 6. The van der Waals surface area contributed by atoms with Gasteiger partial charge < -0.3 is 4.42 Å². The highest BCUT2D eigenvalue weighted by Gasteiger charge is 2.18. The van der Waals surface area contributed by atoms with Crippen molar-refractivity contribution in [2.45, 2.75) is 25.9 Å². The van der Waals surface area contributed by atoms with Crippen molar-refractivity contribution in [2.24, 2.45) is 0 Å². The summed E-state index contributed by atoms with van der Waals surface area (Å²) < 4.78 is 5.71. The lowest BCUT2D eigenvalue weighted by molar-refractivity contribution is -0.384. The molecule has 0 radical (unpaired) electrons. The molecule has 0 aliphatic heterocycles. The van der Waals surface area contributed by atoms with E-state index in [4.69, 9.17) is 4.42 Å². The van der Waals surface area contributed by atoms with E-state index in [9.17, 15) is 10.1 Å². The third-order valence-electron chi connectivity index (χ3n) is 3.94. The van der Waals surface area contributed by atoms with Gasteiger partial charge in [-0.15, -0.1) is 10.2 Å². The Labute approximate surface area is 144 Å². The van der Waals surface area contributed by atoms with Gasteiger partial charge in [0.15, 0.2) is 0 Å². The van der Waals surface area contributed by atoms with E-state index in [0.29, 0.717) is 17.3 Å². The van der Waals surface area contributed by atoms with Gasteiger partial charge in [0, 0.05) is 23.7 Å². The fourth-order valence-corrected chi connectivity index (χ4v) is 2.54. The summed E-state index contributed by atoms with van der Waals surface area (Å²) in [5.74, 6) is 0.807. The molecule has 3 rings (SSSR count). The van der Waals surface area contributed by atoms with Crippen molar-refractivity contribution >= 4 is 5.69 Å². The average Bonchev–Trinajstić information content (AvgIpc) is 3.13. The fraction of sp³-hybridized carbons (Fsp3) is 0.222. The van der Waals surface area contributed by atoms with Gasteiger partial charge in [-0.1, -0.05) is 30.3 Å². The minimum absolute atomic E-state index is 0.0233. The molecule has 0 aliphatic carbocycles. The monoisotopic (exact) mass is 338 g/mol. The summed E-state index contributed by atoms with van der Waals surface area (Å²) in [5.41, 5.74) is 1.84. The molecule has 7 nitrogen and oxygen atoms in total. The molecular formula is C18H18N4O3. The molecule has 0 fully saturated rings. The Morgan fingerprint density at radius 3 is 2.32 bits per heavy atom. The molecule has 128 valence electrons. The Morgan fingerprint density at radius 2 is 1.68 bits per heavy atom. The Morgan fingerprint density at radius 1 is 1.00 bits per heavy atom. The van der Waals surface area contributed by atoms with Gasteiger partial charge in [-0.25, -0.2) is 0 Å². The third-order valence-corrected chi connectivity index (χ3v) is 3.94. The van der Waals surface area contributed by atoms with E-state index in [0.717, 1.165) is 0 Å². The molecule has 0 saturated heterocycles. The van der Waals surface area contributed by atoms with E-state index in [-0.39, 0.29) is 17.8 Å². The average molecular weight is 338 g/mol. The van der Waals surface area contributed by atoms with Crippen LogP contribution in [0.15, 0.2) is 59.0 Å². The van der Waals surface area contributed by atoms with Gasteiger partial charge in [0.2, 0.25) is 11.8 Å². The van der Waals surface area contributed by atoms with E-state index in [1.165, 1.54) is 17.7 Å². The largest absolute Gasteiger partial charge is 0.419 e. The zero-order valence-corrected chi connectivity index (χ0v) is 13.9. The fourth-order valence-electron chi connectivity index (χ4n) is 2.54. The maximum absolute atomic E-state index is 10.7. The van der Waals surface area contributed by atoms with Crippen LogP contribution in [0.2, 0.25) is 0 Å². The summed E-state index contributed by atoms with van der Waals surface area (Å²) in [5, 5.41) is 22.2. The van der Waals surface area contributed by atoms with Crippen molar-refractivity contribution in [1.29, 1.82) is 0 Å².